The van der Waals surface area contributed by atoms with E-state index in [-0.39, 0.29) is 12.1 Å². The molecule has 2 aromatic rings. The summed E-state index contributed by atoms with van der Waals surface area (Å²) in [6.07, 6.45) is 0.573. The highest BCUT2D eigenvalue weighted by atomic mass is 16.5. The number of aryl methyl sites for hydroxylation is 2. The van der Waals surface area contributed by atoms with E-state index in [1.54, 1.807) is 23.1 Å². The summed E-state index contributed by atoms with van der Waals surface area (Å²) in [5, 5.41) is 3.06. The van der Waals surface area contributed by atoms with Crippen molar-refractivity contribution in [2.24, 2.45) is 0 Å². The van der Waals surface area contributed by atoms with E-state index in [1.807, 2.05) is 32.9 Å². The first-order chi connectivity index (χ1) is 12.8. The minimum Gasteiger partial charge on any atom is -0.467 e. The van der Waals surface area contributed by atoms with Gasteiger partial charge in [0.15, 0.2) is 5.72 Å². The number of rotatable bonds is 2. The maximum atomic E-state index is 13.0. The second-order valence-corrected chi connectivity index (χ2v) is 7.41. The first kappa shape index (κ1) is 17.4. The molecule has 1 N–H and O–H groups in total. The van der Waals surface area contributed by atoms with Gasteiger partial charge in [-0.05, 0) is 62.2 Å². The third-order valence-electron chi connectivity index (χ3n) is 5.16. The van der Waals surface area contributed by atoms with Gasteiger partial charge in [-0.25, -0.2) is 9.59 Å². The molecule has 1 fully saturated rings. The van der Waals surface area contributed by atoms with Gasteiger partial charge in [-0.3, -0.25) is 4.90 Å². The van der Waals surface area contributed by atoms with Crippen LogP contribution in [0.15, 0.2) is 36.4 Å². The van der Waals surface area contributed by atoms with Crippen LogP contribution in [0.5, 0.6) is 5.75 Å². The number of carbonyl (C=O) groups excluding carboxylic acids is 2. The van der Waals surface area contributed by atoms with E-state index in [0.717, 1.165) is 22.4 Å². The molecule has 2 bridgehead atoms. The predicted octanol–water partition coefficient (Wildman–Crippen LogP) is 3.86. The molecule has 6 heteroatoms. The third-order valence-corrected chi connectivity index (χ3v) is 5.16. The zero-order valence-electron chi connectivity index (χ0n) is 15.8. The highest BCUT2D eigenvalue weighted by Crippen LogP contribution is 2.46. The number of nitrogens with one attached hydrogen (secondary N) is 1. The van der Waals surface area contributed by atoms with Crippen molar-refractivity contribution in [3.8, 4) is 5.75 Å². The van der Waals surface area contributed by atoms with Gasteiger partial charge in [0.25, 0.3) is 0 Å². The molecule has 140 valence electrons. The number of amides is 2. The second kappa shape index (κ2) is 6.01. The van der Waals surface area contributed by atoms with Gasteiger partial charge in [0.05, 0.1) is 18.7 Å². The minimum atomic E-state index is -0.812. The Kier molecular flexibility index (Phi) is 3.87. The summed E-state index contributed by atoms with van der Waals surface area (Å²) < 4.78 is 11.1. The van der Waals surface area contributed by atoms with Crippen LogP contribution in [0.25, 0.3) is 0 Å². The molecule has 27 heavy (non-hydrogen) atoms. The van der Waals surface area contributed by atoms with Crippen LogP contribution >= 0.6 is 0 Å². The first-order valence-corrected chi connectivity index (χ1v) is 8.91. The van der Waals surface area contributed by atoms with E-state index in [0.29, 0.717) is 17.7 Å². The fraction of sp³-hybridized carbons (Fsp3) is 0.333. The van der Waals surface area contributed by atoms with Crippen LogP contribution in [0.2, 0.25) is 0 Å². The number of nitrogens with zero attached hydrogens (tertiary/aromatic N) is 1. The Labute approximate surface area is 158 Å². The predicted molar refractivity (Wildman–Crippen MR) is 101 cm³/mol. The number of fused-ring (bicyclic) bond motifs is 4. The molecule has 2 atom stereocenters. The molecule has 0 unspecified atom stereocenters. The van der Waals surface area contributed by atoms with Crippen molar-refractivity contribution < 1.29 is 19.1 Å². The van der Waals surface area contributed by atoms with E-state index < -0.39 is 11.7 Å². The van der Waals surface area contributed by atoms with Gasteiger partial charge in [0.1, 0.15) is 5.75 Å². The number of esters is 1. The Bertz CT molecular complexity index is 935. The fourth-order valence-electron chi connectivity index (χ4n) is 4.09. The van der Waals surface area contributed by atoms with Crippen LogP contribution in [0.1, 0.15) is 46.4 Å². The van der Waals surface area contributed by atoms with Crippen LogP contribution in [0, 0.1) is 13.8 Å². The Hall–Kier alpha value is -3.02. The molecule has 6 nitrogen and oxygen atoms in total. The number of hydrogen-bond acceptors (Lipinski definition) is 4. The van der Waals surface area contributed by atoms with E-state index in [1.165, 1.54) is 7.11 Å². The van der Waals surface area contributed by atoms with Crippen molar-refractivity contribution in [3.63, 3.8) is 0 Å². The molecule has 0 aromatic heterocycles. The highest BCUT2D eigenvalue weighted by Gasteiger charge is 2.50. The molecule has 0 spiro atoms. The summed E-state index contributed by atoms with van der Waals surface area (Å²) in [6.45, 7) is 5.94. The monoisotopic (exact) mass is 366 g/mol. The van der Waals surface area contributed by atoms with Crippen LogP contribution in [0.3, 0.4) is 0 Å². The van der Waals surface area contributed by atoms with Gasteiger partial charge in [-0.1, -0.05) is 6.07 Å². The molecule has 4 rings (SSSR count). The second-order valence-electron chi connectivity index (χ2n) is 7.41. The lowest BCUT2D eigenvalue weighted by Gasteiger charge is -2.50. The number of anilines is 1. The molecular formula is C21H22N2O4. The lowest BCUT2D eigenvalue weighted by molar-refractivity contribution is 0.0377. The van der Waals surface area contributed by atoms with Crippen LogP contribution in [0.4, 0.5) is 10.5 Å². The van der Waals surface area contributed by atoms with Crippen LogP contribution < -0.4 is 15.0 Å². The summed E-state index contributed by atoms with van der Waals surface area (Å²) >= 11 is 0. The number of ether oxygens (including phenoxy) is 2. The summed E-state index contributed by atoms with van der Waals surface area (Å²) in [4.78, 5) is 26.5. The largest absolute Gasteiger partial charge is 0.467 e. The van der Waals surface area contributed by atoms with Crippen LogP contribution in [-0.2, 0) is 4.74 Å². The lowest BCUT2D eigenvalue weighted by Crippen LogP contribution is -2.65. The van der Waals surface area contributed by atoms with Crippen molar-refractivity contribution >= 4 is 17.7 Å². The molecule has 2 heterocycles. The Morgan fingerprint density at radius 3 is 2.59 bits per heavy atom. The van der Waals surface area contributed by atoms with Crippen molar-refractivity contribution in [2.45, 2.75) is 39.0 Å². The maximum Gasteiger partial charge on any atom is 0.337 e. The molecule has 1 saturated heterocycles. The Morgan fingerprint density at radius 1 is 1.22 bits per heavy atom. The molecule has 2 amide bonds. The quantitative estimate of drug-likeness (QED) is 0.820. The maximum absolute atomic E-state index is 13.0. The average Bonchev–Trinajstić information content (AvgIpc) is 2.59. The fourth-order valence-corrected chi connectivity index (χ4v) is 4.09. The summed E-state index contributed by atoms with van der Waals surface area (Å²) in [5.41, 5.74) is 3.40. The lowest BCUT2D eigenvalue weighted by atomic mass is 9.89. The number of benzene rings is 2. The van der Waals surface area contributed by atoms with Crippen molar-refractivity contribution in [2.75, 3.05) is 12.0 Å². The molecule has 2 aliphatic rings. The standard InChI is InChI=1S/C21H22N2O4/c1-12-7-13(2)9-15(8-12)23-20(25)22-17-11-21(23,3)27-18-6-5-14(10-16(17)18)19(24)26-4/h5-10,17H,11H2,1-4H3,(H,22,25)/t17-,21-/m0/s1. The van der Waals surface area contributed by atoms with Crippen molar-refractivity contribution in [3.05, 3.63) is 58.7 Å². The van der Waals surface area contributed by atoms with Gasteiger partial charge in [0, 0.05) is 17.7 Å². The molecule has 2 aliphatic heterocycles. The molecule has 0 radical (unpaired) electrons. The van der Waals surface area contributed by atoms with Crippen molar-refractivity contribution in [1.29, 1.82) is 0 Å². The molecule has 0 saturated carbocycles. The average molecular weight is 366 g/mol. The normalized spacial score (nSPS) is 23.2. The van der Waals surface area contributed by atoms with E-state index in [4.69, 9.17) is 9.47 Å². The Balaban J connectivity index is 1.77. The van der Waals surface area contributed by atoms with E-state index >= 15 is 0 Å². The van der Waals surface area contributed by atoms with Gasteiger partial charge in [0.2, 0.25) is 0 Å². The highest BCUT2D eigenvalue weighted by molar-refractivity contribution is 5.95. The summed E-state index contributed by atoms with van der Waals surface area (Å²) in [6, 6.07) is 10.8. The minimum absolute atomic E-state index is 0.215. The van der Waals surface area contributed by atoms with Gasteiger partial charge < -0.3 is 14.8 Å². The van der Waals surface area contributed by atoms with E-state index in [9.17, 15) is 9.59 Å². The van der Waals surface area contributed by atoms with Crippen molar-refractivity contribution in [1.82, 2.24) is 5.32 Å². The zero-order chi connectivity index (χ0) is 19.3. The number of urea groups is 1. The van der Waals surface area contributed by atoms with Crippen LogP contribution in [-0.4, -0.2) is 24.8 Å². The number of methoxy groups -OCH3 is 1. The number of hydrogen-bond donors (Lipinski definition) is 1. The third kappa shape index (κ3) is 2.81. The molecule has 2 aromatic carbocycles. The van der Waals surface area contributed by atoms with Gasteiger partial charge >= 0.3 is 12.0 Å². The summed E-state index contributed by atoms with van der Waals surface area (Å²) in [5.74, 6) is 0.251. The van der Waals surface area contributed by atoms with Gasteiger partial charge in [-0.15, -0.1) is 0 Å². The molecular weight excluding hydrogens is 344 g/mol. The van der Waals surface area contributed by atoms with E-state index in [2.05, 4.69) is 11.4 Å². The zero-order valence-corrected chi connectivity index (χ0v) is 15.8. The Morgan fingerprint density at radius 2 is 1.93 bits per heavy atom. The number of carbonyl (C=O) groups is 2. The SMILES string of the molecule is COC(=O)c1ccc2c(c1)[C@@H]1C[C@](C)(O2)N(c2cc(C)cc(C)c2)C(=O)N1. The van der Waals surface area contributed by atoms with Gasteiger partial charge in [-0.2, -0.15) is 0 Å². The summed E-state index contributed by atoms with van der Waals surface area (Å²) in [7, 11) is 1.35. The topological polar surface area (TPSA) is 67.9 Å². The molecule has 0 aliphatic carbocycles. The first-order valence-electron chi connectivity index (χ1n) is 8.91. The smallest absolute Gasteiger partial charge is 0.337 e.